The van der Waals surface area contributed by atoms with Crippen LogP contribution in [-0.4, -0.2) is 71.4 Å². The molecule has 0 aromatic heterocycles. The molecule has 0 aliphatic carbocycles. The Labute approximate surface area is 217 Å². The van der Waals surface area contributed by atoms with Crippen molar-refractivity contribution in [2.75, 3.05) is 6.54 Å². The van der Waals surface area contributed by atoms with Gasteiger partial charge in [-0.1, -0.05) is 34.1 Å². The third-order valence-corrected chi connectivity index (χ3v) is 5.73. The number of amides is 4. The standard InChI is InChI=1S/C23H44N8O6/c1-5-13(4)18(22(36)37)31-21(35)16(11-12(2)3)30-20(34)15(7-6-10-28-23(26)27)29-19(33)14(24)8-9-17(25)32/h12-16,18H,5-11,24H2,1-4H3,(H2,25,32)(H,29,33)(H,30,34)(H,31,35)(H,36,37)(H4,26,27,28). The van der Waals surface area contributed by atoms with Gasteiger partial charge in [0.15, 0.2) is 5.96 Å². The number of primary amides is 1. The molecule has 4 amide bonds. The number of carboxylic acids is 1. The van der Waals surface area contributed by atoms with Crippen molar-refractivity contribution in [1.82, 2.24) is 16.0 Å². The molecule has 0 rings (SSSR count). The van der Waals surface area contributed by atoms with Crippen LogP contribution in [0.1, 0.15) is 66.2 Å². The third-order valence-electron chi connectivity index (χ3n) is 5.73. The van der Waals surface area contributed by atoms with Crippen LogP contribution in [0.25, 0.3) is 0 Å². The topological polar surface area (TPSA) is 258 Å². The average molecular weight is 529 g/mol. The Hall–Kier alpha value is -3.42. The number of carbonyl (C=O) groups excluding carboxylic acids is 4. The van der Waals surface area contributed by atoms with Gasteiger partial charge in [0, 0.05) is 13.0 Å². The van der Waals surface area contributed by atoms with Crippen LogP contribution in [-0.2, 0) is 24.0 Å². The zero-order chi connectivity index (χ0) is 28.7. The maximum atomic E-state index is 13.2. The van der Waals surface area contributed by atoms with Crippen LogP contribution in [0.4, 0.5) is 0 Å². The number of hydrogen-bond acceptors (Lipinski definition) is 7. The van der Waals surface area contributed by atoms with Gasteiger partial charge in [-0.2, -0.15) is 0 Å². The van der Waals surface area contributed by atoms with E-state index in [4.69, 9.17) is 22.9 Å². The fourth-order valence-electron chi connectivity index (χ4n) is 3.39. The van der Waals surface area contributed by atoms with E-state index in [1.54, 1.807) is 6.92 Å². The molecule has 12 N–H and O–H groups in total. The lowest BCUT2D eigenvalue weighted by atomic mass is 9.97. The molecule has 0 saturated heterocycles. The Bertz CT molecular complexity index is 815. The summed E-state index contributed by atoms with van der Waals surface area (Å²) in [4.78, 5) is 65.3. The van der Waals surface area contributed by atoms with Gasteiger partial charge in [0.05, 0.1) is 6.04 Å². The van der Waals surface area contributed by atoms with Crippen LogP contribution in [0.15, 0.2) is 4.99 Å². The lowest BCUT2D eigenvalue weighted by molar-refractivity contribution is -0.144. The Balaban J connectivity index is 5.66. The van der Waals surface area contributed by atoms with E-state index in [9.17, 15) is 29.1 Å². The van der Waals surface area contributed by atoms with Gasteiger partial charge >= 0.3 is 5.97 Å². The monoisotopic (exact) mass is 528 g/mol. The summed E-state index contributed by atoms with van der Waals surface area (Å²) in [5.41, 5.74) is 21.6. The maximum Gasteiger partial charge on any atom is 0.326 e. The summed E-state index contributed by atoms with van der Waals surface area (Å²) >= 11 is 0. The summed E-state index contributed by atoms with van der Waals surface area (Å²) < 4.78 is 0. The van der Waals surface area contributed by atoms with E-state index in [0.29, 0.717) is 12.8 Å². The lowest BCUT2D eigenvalue weighted by Crippen LogP contribution is -2.58. The molecular weight excluding hydrogens is 484 g/mol. The molecule has 5 atom stereocenters. The molecule has 5 unspecified atom stereocenters. The van der Waals surface area contributed by atoms with Crippen molar-refractivity contribution in [2.24, 2.45) is 39.8 Å². The van der Waals surface area contributed by atoms with E-state index >= 15 is 0 Å². The number of nitrogens with one attached hydrogen (secondary N) is 3. The summed E-state index contributed by atoms with van der Waals surface area (Å²) in [6.45, 7) is 7.41. The van der Waals surface area contributed by atoms with Crippen molar-refractivity contribution in [3.63, 3.8) is 0 Å². The molecule has 0 aliphatic rings. The smallest absolute Gasteiger partial charge is 0.326 e. The number of rotatable bonds is 18. The summed E-state index contributed by atoms with van der Waals surface area (Å²) in [7, 11) is 0. The van der Waals surface area contributed by atoms with Crippen LogP contribution in [0.2, 0.25) is 0 Å². The second-order valence-corrected chi connectivity index (χ2v) is 9.52. The van der Waals surface area contributed by atoms with E-state index in [0.717, 1.165) is 0 Å². The molecule has 0 fully saturated rings. The van der Waals surface area contributed by atoms with Crippen LogP contribution in [0.5, 0.6) is 0 Å². The summed E-state index contributed by atoms with van der Waals surface area (Å²) in [5.74, 6) is -4.23. The number of aliphatic imine (C=N–C) groups is 1. The van der Waals surface area contributed by atoms with Crippen molar-refractivity contribution in [3.8, 4) is 0 Å². The molecule has 0 aliphatic heterocycles. The van der Waals surface area contributed by atoms with Gasteiger partial charge in [-0.3, -0.25) is 24.2 Å². The highest BCUT2D eigenvalue weighted by Gasteiger charge is 2.32. The second-order valence-electron chi connectivity index (χ2n) is 9.52. The number of nitrogens with two attached hydrogens (primary N) is 4. The molecule has 14 nitrogen and oxygen atoms in total. The highest BCUT2D eigenvalue weighted by atomic mass is 16.4. The minimum Gasteiger partial charge on any atom is -0.480 e. The van der Waals surface area contributed by atoms with Crippen molar-refractivity contribution in [1.29, 1.82) is 0 Å². The predicted molar refractivity (Wildman–Crippen MR) is 139 cm³/mol. The zero-order valence-corrected chi connectivity index (χ0v) is 22.2. The molecule has 37 heavy (non-hydrogen) atoms. The van der Waals surface area contributed by atoms with Crippen LogP contribution in [0.3, 0.4) is 0 Å². The first-order chi connectivity index (χ1) is 17.2. The molecule has 0 aromatic carbocycles. The van der Waals surface area contributed by atoms with E-state index < -0.39 is 53.8 Å². The van der Waals surface area contributed by atoms with Gasteiger partial charge in [-0.15, -0.1) is 0 Å². The molecule has 14 heteroatoms. The zero-order valence-electron chi connectivity index (χ0n) is 22.2. The van der Waals surface area contributed by atoms with Crippen molar-refractivity contribution < 1.29 is 29.1 Å². The van der Waals surface area contributed by atoms with E-state index in [2.05, 4.69) is 20.9 Å². The first-order valence-electron chi connectivity index (χ1n) is 12.4. The summed E-state index contributed by atoms with van der Waals surface area (Å²) in [5, 5.41) is 17.2. The van der Waals surface area contributed by atoms with Crippen molar-refractivity contribution in [3.05, 3.63) is 0 Å². The number of hydrogen-bond donors (Lipinski definition) is 8. The molecule has 0 saturated carbocycles. The van der Waals surface area contributed by atoms with Gasteiger partial charge in [-0.25, -0.2) is 4.79 Å². The average Bonchev–Trinajstić information content (AvgIpc) is 2.80. The fourth-order valence-corrected chi connectivity index (χ4v) is 3.39. The van der Waals surface area contributed by atoms with E-state index in [1.165, 1.54) is 0 Å². The molecule has 0 aromatic rings. The second kappa shape index (κ2) is 17.1. The van der Waals surface area contributed by atoms with Crippen molar-refractivity contribution in [2.45, 2.75) is 90.4 Å². The Kier molecular flexibility index (Phi) is 15.5. The van der Waals surface area contributed by atoms with Gasteiger partial charge in [0.1, 0.15) is 18.1 Å². The largest absolute Gasteiger partial charge is 0.480 e. The molecule has 0 heterocycles. The summed E-state index contributed by atoms with van der Waals surface area (Å²) in [6, 6.07) is -4.34. The lowest BCUT2D eigenvalue weighted by Gasteiger charge is -2.27. The van der Waals surface area contributed by atoms with Crippen molar-refractivity contribution >= 4 is 35.6 Å². The normalized spacial score (nSPS) is 15.0. The number of nitrogens with zero attached hydrogens (tertiary/aromatic N) is 1. The SMILES string of the molecule is CCC(C)C(NC(=O)C(CC(C)C)NC(=O)C(CCCN=C(N)N)NC(=O)C(N)CCC(N)=O)C(=O)O. The van der Waals surface area contributed by atoms with Crippen LogP contribution in [0, 0.1) is 11.8 Å². The molecule has 212 valence electrons. The van der Waals surface area contributed by atoms with Crippen LogP contribution < -0.4 is 38.9 Å². The Morgan fingerprint density at radius 3 is 1.92 bits per heavy atom. The maximum absolute atomic E-state index is 13.2. The van der Waals surface area contributed by atoms with E-state index in [-0.39, 0.29) is 50.0 Å². The minimum atomic E-state index is -1.17. The van der Waals surface area contributed by atoms with Gasteiger partial charge in [0.25, 0.3) is 0 Å². The van der Waals surface area contributed by atoms with E-state index in [1.807, 2.05) is 20.8 Å². The highest BCUT2D eigenvalue weighted by Crippen LogP contribution is 2.11. The number of carboxylic acid groups (broad SMARTS) is 1. The Morgan fingerprint density at radius 2 is 1.43 bits per heavy atom. The first-order valence-corrected chi connectivity index (χ1v) is 12.4. The van der Waals surface area contributed by atoms with Gasteiger partial charge < -0.3 is 44.0 Å². The van der Waals surface area contributed by atoms with Crippen LogP contribution >= 0.6 is 0 Å². The Morgan fingerprint density at radius 1 is 0.865 bits per heavy atom. The highest BCUT2D eigenvalue weighted by molar-refractivity contribution is 5.94. The molecule has 0 radical (unpaired) electrons. The number of carbonyl (C=O) groups is 5. The first kappa shape index (κ1) is 33.6. The fraction of sp³-hybridized carbons (Fsp3) is 0.739. The van der Waals surface area contributed by atoms with Gasteiger partial charge in [0.2, 0.25) is 23.6 Å². The molecular formula is C23H44N8O6. The molecule has 0 spiro atoms. The predicted octanol–water partition coefficient (Wildman–Crippen LogP) is -1.74. The quantitative estimate of drug-likeness (QED) is 0.0569. The summed E-state index contributed by atoms with van der Waals surface area (Å²) in [6.07, 6.45) is 1.09. The minimum absolute atomic E-state index is 0.00588. The third kappa shape index (κ3) is 14.0. The number of aliphatic carboxylic acids is 1. The number of guanidine groups is 1. The van der Waals surface area contributed by atoms with Gasteiger partial charge in [-0.05, 0) is 37.5 Å². The molecule has 0 bridgehead atoms.